The number of nitrogens with zero attached hydrogens (tertiary/aromatic N) is 2. The number of rotatable bonds is 8. The monoisotopic (exact) mass is 864 g/mol. The zero-order chi connectivity index (χ0) is 45.0. The lowest BCUT2D eigenvalue weighted by Gasteiger charge is -2.30. The van der Waals surface area contributed by atoms with Crippen LogP contribution < -0.4 is 4.90 Å². The van der Waals surface area contributed by atoms with Crippen LogP contribution in [0.4, 0.5) is 17.1 Å². The minimum Gasteiger partial charge on any atom is -0.309 e. The van der Waals surface area contributed by atoms with Crippen LogP contribution in [0.1, 0.15) is 0 Å². The van der Waals surface area contributed by atoms with Gasteiger partial charge in [-0.2, -0.15) is 0 Å². The lowest BCUT2D eigenvalue weighted by Crippen LogP contribution is -2.12. The summed E-state index contributed by atoms with van der Waals surface area (Å²) in [4.78, 5) is 2.50. The van der Waals surface area contributed by atoms with Crippen molar-refractivity contribution in [2.75, 3.05) is 4.90 Å². The second kappa shape index (κ2) is 16.5. The molecule has 0 unspecified atom stereocenters. The van der Waals surface area contributed by atoms with Gasteiger partial charge in [0.25, 0.3) is 0 Å². The largest absolute Gasteiger partial charge is 0.309 e. The van der Waals surface area contributed by atoms with Crippen LogP contribution in [0.5, 0.6) is 0 Å². The Morgan fingerprint density at radius 1 is 0.250 bits per heavy atom. The highest BCUT2D eigenvalue weighted by Crippen LogP contribution is 2.48. The molecule has 0 aliphatic heterocycles. The van der Waals surface area contributed by atoms with Crippen molar-refractivity contribution < 1.29 is 0 Å². The van der Waals surface area contributed by atoms with E-state index >= 15 is 0 Å². The van der Waals surface area contributed by atoms with E-state index in [9.17, 15) is 0 Å². The minimum atomic E-state index is 1.07. The number of anilines is 3. The molecule has 13 rings (SSSR count). The average molecular weight is 865 g/mol. The molecule has 0 bridgehead atoms. The highest BCUT2D eigenvalue weighted by molar-refractivity contribution is 6.12. The van der Waals surface area contributed by atoms with Gasteiger partial charge in [-0.05, 0) is 114 Å². The molecule has 0 radical (unpaired) electrons. The molecule has 12 aromatic carbocycles. The Balaban J connectivity index is 1.05. The zero-order valence-electron chi connectivity index (χ0n) is 37.3. The Bertz CT molecular complexity index is 3980. The lowest BCUT2D eigenvalue weighted by atomic mass is 9.91. The van der Waals surface area contributed by atoms with Gasteiger partial charge in [0, 0.05) is 33.1 Å². The van der Waals surface area contributed by atoms with Crippen molar-refractivity contribution in [1.29, 1.82) is 0 Å². The van der Waals surface area contributed by atoms with Gasteiger partial charge in [-0.15, -0.1) is 0 Å². The van der Waals surface area contributed by atoms with Gasteiger partial charge in [0.15, 0.2) is 0 Å². The molecule has 0 spiro atoms. The normalized spacial score (nSPS) is 11.5. The molecule has 0 fully saturated rings. The number of hydrogen-bond donors (Lipinski definition) is 0. The highest BCUT2D eigenvalue weighted by Gasteiger charge is 2.23. The maximum absolute atomic E-state index is 2.50. The standard InChI is InChI=1S/C66H44N2/c1-2-19-47(20-3-1)62-44-50(39-40-53(62)48-25-16-26-49(43-48)67-64-37-14-11-32-60(64)61-33-12-15-38-65(61)67)68(63-36-13-10-31-58(63)55-35-18-24-46-22-5-7-28-52(46)55)66-42-41-57(56-29-8-9-30-59(56)66)54-34-17-23-45-21-4-6-27-51(45)54/h1-44H. The predicted octanol–water partition coefficient (Wildman–Crippen LogP) is 18.4. The van der Waals surface area contributed by atoms with Crippen LogP contribution >= 0.6 is 0 Å². The summed E-state index contributed by atoms with van der Waals surface area (Å²) in [6, 6.07) is 97.7. The number of hydrogen-bond acceptors (Lipinski definition) is 1. The van der Waals surface area contributed by atoms with E-state index in [-0.39, 0.29) is 0 Å². The van der Waals surface area contributed by atoms with Crippen LogP contribution in [0, 0.1) is 0 Å². The molecule has 2 heteroatoms. The van der Waals surface area contributed by atoms with Gasteiger partial charge in [-0.25, -0.2) is 0 Å². The van der Waals surface area contributed by atoms with Gasteiger partial charge in [-0.1, -0.05) is 218 Å². The number of benzene rings is 12. The topological polar surface area (TPSA) is 8.17 Å². The van der Waals surface area contributed by atoms with Gasteiger partial charge in [-0.3, -0.25) is 0 Å². The Morgan fingerprint density at radius 3 is 1.44 bits per heavy atom. The van der Waals surface area contributed by atoms with Crippen molar-refractivity contribution >= 4 is 71.2 Å². The Hall–Kier alpha value is -8.98. The second-order valence-electron chi connectivity index (χ2n) is 17.6. The third-order valence-electron chi connectivity index (χ3n) is 13.8. The van der Waals surface area contributed by atoms with Crippen LogP contribution in [0.15, 0.2) is 267 Å². The molecule has 0 amide bonds. The van der Waals surface area contributed by atoms with Crippen LogP contribution in [0.2, 0.25) is 0 Å². The summed E-state index contributed by atoms with van der Waals surface area (Å²) in [5, 5.41) is 9.81. The van der Waals surface area contributed by atoms with E-state index in [4.69, 9.17) is 0 Å². The van der Waals surface area contributed by atoms with E-state index in [1.807, 2.05) is 0 Å². The van der Waals surface area contributed by atoms with Crippen molar-refractivity contribution in [2.45, 2.75) is 0 Å². The summed E-state index contributed by atoms with van der Waals surface area (Å²) in [6.07, 6.45) is 0. The molecule has 2 nitrogen and oxygen atoms in total. The third kappa shape index (κ3) is 6.57. The summed E-state index contributed by atoms with van der Waals surface area (Å²) in [7, 11) is 0. The first-order valence-corrected chi connectivity index (χ1v) is 23.4. The third-order valence-corrected chi connectivity index (χ3v) is 13.8. The molecule has 68 heavy (non-hydrogen) atoms. The molecule has 1 heterocycles. The average Bonchev–Trinajstić information content (AvgIpc) is 3.75. The van der Waals surface area contributed by atoms with E-state index in [1.165, 1.54) is 76.4 Å². The quantitative estimate of drug-likeness (QED) is 0.148. The molecular formula is C66H44N2. The molecule has 0 N–H and O–H groups in total. The molecule has 0 saturated carbocycles. The fraction of sp³-hybridized carbons (Fsp3) is 0. The molecular weight excluding hydrogens is 821 g/mol. The Kier molecular flexibility index (Phi) is 9.54. The maximum atomic E-state index is 2.50. The molecule has 13 aromatic rings. The minimum absolute atomic E-state index is 1.07. The van der Waals surface area contributed by atoms with Crippen LogP contribution in [0.25, 0.3) is 104 Å². The van der Waals surface area contributed by atoms with Gasteiger partial charge in [0.1, 0.15) is 0 Å². The SMILES string of the molecule is c1ccc(-c2cc(N(c3ccccc3-c3cccc4ccccc34)c3ccc(-c4cccc5ccccc45)c4ccccc34)ccc2-c2cccc(-n3c4ccccc4c4ccccc43)c2)cc1. The number of para-hydroxylation sites is 3. The van der Waals surface area contributed by atoms with Crippen molar-refractivity contribution in [1.82, 2.24) is 4.57 Å². The van der Waals surface area contributed by atoms with Crippen molar-refractivity contribution in [3.8, 4) is 50.2 Å². The maximum Gasteiger partial charge on any atom is 0.0541 e. The first kappa shape index (κ1) is 39.4. The molecule has 318 valence electrons. The lowest BCUT2D eigenvalue weighted by molar-refractivity contribution is 1.18. The zero-order valence-corrected chi connectivity index (χ0v) is 37.3. The highest BCUT2D eigenvalue weighted by atomic mass is 15.1. The van der Waals surface area contributed by atoms with Crippen molar-refractivity contribution in [3.05, 3.63) is 267 Å². The van der Waals surface area contributed by atoms with Gasteiger partial charge in [0.2, 0.25) is 0 Å². The molecule has 1 aromatic heterocycles. The van der Waals surface area contributed by atoms with Crippen LogP contribution in [-0.4, -0.2) is 4.57 Å². The summed E-state index contributed by atoms with van der Waals surface area (Å²) in [5.74, 6) is 0. The first-order valence-electron chi connectivity index (χ1n) is 23.4. The van der Waals surface area contributed by atoms with Gasteiger partial charge >= 0.3 is 0 Å². The van der Waals surface area contributed by atoms with E-state index in [2.05, 4.69) is 276 Å². The first-order chi connectivity index (χ1) is 33.8. The van der Waals surface area contributed by atoms with Crippen LogP contribution in [0.3, 0.4) is 0 Å². The van der Waals surface area contributed by atoms with E-state index in [0.717, 1.165) is 45.0 Å². The predicted molar refractivity (Wildman–Crippen MR) is 290 cm³/mol. The second-order valence-corrected chi connectivity index (χ2v) is 17.6. The molecule has 0 aliphatic rings. The summed E-state index contributed by atoms with van der Waals surface area (Å²) in [6.45, 7) is 0. The van der Waals surface area contributed by atoms with Crippen molar-refractivity contribution in [2.24, 2.45) is 0 Å². The summed E-state index contributed by atoms with van der Waals surface area (Å²) in [5.41, 5.74) is 16.3. The Morgan fingerprint density at radius 2 is 0.735 bits per heavy atom. The fourth-order valence-electron chi connectivity index (χ4n) is 10.7. The molecule has 0 atom stereocenters. The van der Waals surface area contributed by atoms with E-state index in [0.29, 0.717) is 0 Å². The van der Waals surface area contributed by atoms with Gasteiger partial charge in [0.05, 0.1) is 22.4 Å². The number of aromatic nitrogens is 1. The summed E-state index contributed by atoms with van der Waals surface area (Å²) < 4.78 is 2.41. The Labute approximate surface area is 395 Å². The molecule has 0 aliphatic carbocycles. The van der Waals surface area contributed by atoms with E-state index in [1.54, 1.807) is 0 Å². The number of fused-ring (bicyclic) bond motifs is 6. The smallest absolute Gasteiger partial charge is 0.0541 e. The van der Waals surface area contributed by atoms with E-state index < -0.39 is 0 Å². The fourth-order valence-corrected chi connectivity index (χ4v) is 10.7. The van der Waals surface area contributed by atoms with Gasteiger partial charge < -0.3 is 9.47 Å². The summed E-state index contributed by atoms with van der Waals surface area (Å²) >= 11 is 0. The molecule has 0 saturated heterocycles. The van der Waals surface area contributed by atoms with Crippen LogP contribution in [-0.2, 0) is 0 Å². The van der Waals surface area contributed by atoms with Crippen molar-refractivity contribution in [3.63, 3.8) is 0 Å².